The maximum atomic E-state index is 12.1. The molecular formula is C16H17ClN2O. The molecule has 104 valence electrons. The van der Waals surface area contributed by atoms with Crippen LogP contribution in [0.4, 0.5) is 0 Å². The summed E-state index contributed by atoms with van der Waals surface area (Å²) < 4.78 is 0. The number of pyridine rings is 1. The van der Waals surface area contributed by atoms with Crippen LogP contribution >= 0.6 is 11.6 Å². The van der Waals surface area contributed by atoms with Crippen LogP contribution in [0.25, 0.3) is 0 Å². The summed E-state index contributed by atoms with van der Waals surface area (Å²) in [4.78, 5) is 16.0. The average Bonchev–Trinajstić information content (AvgIpc) is 2.41. The molecule has 2 rings (SSSR count). The Morgan fingerprint density at radius 1 is 1.35 bits per heavy atom. The molecule has 1 heterocycles. The van der Waals surface area contributed by atoms with Gasteiger partial charge in [-0.1, -0.05) is 35.9 Å². The van der Waals surface area contributed by atoms with Crippen molar-refractivity contribution < 1.29 is 4.79 Å². The van der Waals surface area contributed by atoms with E-state index < -0.39 is 0 Å². The first-order valence-corrected chi connectivity index (χ1v) is 6.91. The van der Waals surface area contributed by atoms with Crippen molar-refractivity contribution in [1.82, 2.24) is 10.3 Å². The number of nitrogens with one attached hydrogen (secondary N) is 1. The lowest BCUT2D eigenvalue weighted by Gasteiger charge is -2.15. The zero-order valence-corrected chi connectivity index (χ0v) is 12.3. The van der Waals surface area contributed by atoms with Gasteiger partial charge in [-0.05, 0) is 43.5 Å². The summed E-state index contributed by atoms with van der Waals surface area (Å²) in [5, 5.41) is 3.30. The minimum Gasteiger partial charge on any atom is -0.349 e. The van der Waals surface area contributed by atoms with E-state index in [-0.39, 0.29) is 11.9 Å². The number of nitrogens with zero attached hydrogens (tertiary/aromatic N) is 1. The summed E-state index contributed by atoms with van der Waals surface area (Å²) in [5.74, 6) is -0.129. The van der Waals surface area contributed by atoms with Crippen molar-refractivity contribution in [3.63, 3.8) is 0 Å². The van der Waals surface area contributed by atoms with Gasteiger partial charge in [0.15, 0.2) is 0 Å². The highest BCUT2D eigenvalue weighted by Gasteiger charge is 2.11. The Balaban J connectivity index is 2.00. The third kappa shape index (κ3) is 3.81. The maximum absolute atomic E-state index is 12.1. The van der Waals surface area contributed by atoms with Crippen molar-refractivity contribution >= 4 is 17.5 Å². The van der Waals surface area contributed by atoms with Crippen molar-refractivity contribution in [1.29, 1.82) is 0 Å². The second-order valence-electron chi connectivity index (χ2n) is 4.87. The van der Waals surface area contributed by atoms with Crippen LogP contribution < -0.4 is 5.32 Å². The van der Waals surface area contributed by atoms with Gasteiger partial charge in [0.05, 0.1) is 0 Å². The summed E-state index contributed by atoms with van der Waals surface area (Å²) in [6.45, 7) is 4.07. The maximum Gasteiger partial charge on any atom is 0.251 e. The Morgan fingerprint density at radius 2 is 2.10 bits per heavy atom. The lowest BCUT2D eigenvalue weighted by Crippen LogP contribution is -2.34. The fourth-order valence-electron chi connectivity index (χ4n) is 2.07. The molecule has 4 heteroatoms. The largest absolute Gasteiger partial charge is 0.349 e. The monoisotopic (exact) mass is 288 g/mol. The number of carbonyl (C=O) groups excluding carboxylic acids is 1. The number of benzene rings is 1. The van der Waals surface area contributed by atoms with Crippen LogP contribution in [0.1, 0.15) is 28.4 Å². The average molecular weight is 289 g/mol. The lowest BCUT2D eigenvalue weighted by atomic mass is 10.0. The molecule has 1 amide bonds. The zero-order chi connectivity index (χ0) is 14.5. The third-order valence-corrected chi connectivity index (χ3v) is 3.36. The first-order valence-electron chi connectivity index (χ1n) is 6.53. The van der Waals surface area contributed by atoms with E-state index in [4.69, 9.17) is 11.6 Å². The van der Waals surface area contributed by atoms with Crippen LogP contribution in [0.15, 0.2) is 42.6 Å². The molecule has 0 fully saturated rings. The Kier molecular flexibility index (Phi) is 4.74. The molecule has 0 aliphatic carbocycles. The Labute approximate surface area is 124 Å². The fourth-order valence-corrected chi connectivity index (χ4v) is 2.24. The summed E-state index contributed by atoms with van der Waals surface area (Å²) in [6.07, 6.45) is 2.33. The molecule has 0 aliphatic heterocycles. The molecule has 1 N–H and O–H groups in total. The number of aryl methyl sites for hydroxylation is 1. The van der Waals surface area contributed by atoms with Crippen LogP contribution in [-0.2, 0) is 6.42 Å². The molecule has 0 spiro atoms. The van der Waals surface area contributed by atoms with E-state index in [1.165, 1.54) is 17.3 Å². The fraction of sp³-hybridized carbons (Fsp3) is 0.250. The first kappa shape index (κ1) is 14.5. The van der Waals surface area contributed by atoms with E-state index in [1.807, 2.05) is 19.1 Å². The van der Waals surface area contributed by atoms with Crippen LogP contribution in [0.5, 0.6) is 0 Å². The van der Waals surface area contributed by atoms with Gasteiger partial charge in [-0.3, -0.25) is 4.79 Å². The molecule has 1 atom stereocenters. The highest BCUT2D eigenvalue weighted by molar-refractivity contribution is 6.29. The van der Waals surface area contributed by atoms with E-state index in [1.54, 1.807) is 12.1 Å². The van der Waals surface area contributed by atoms with Gasteiger partial charge >= 0.3 is 0 Å². The quantitative estimate of drug-likeness (QED) is 0.876. The van der Waals surface area contributed by atoms with Crippen LogP contribution in [-0.4, -0.2) is 16.9 Å². The van der Waals surface area contributed by atoms with Gasteiger partial charge < -0.3 is 5.32 Å². The van der Waals surface area contributed by atoms with E-state index in [0.717, 1.165) is 6.42 Å². The zero-order valence-electron chi connectivity index (χ0n) is 11.6. The molecule has 0 aliphatic rings. The van der Waals surface area contributed by atoms with E-state index in [0.29, 0.717) is 10.7 Å². The number of hydrogen-bond acceptors (Lipinski definition) is 2. The van der Waals surface area contributed by atoms with Crippen LogP contribution in [0, 0.1) is 6.92 Å². The lowest BCUT2D eigenvalue weighted by molar-refractivity contribution is 0.0940. The van der Waals surface area contributed by atoms with Gasteiger partial charge in [-0.15, -0.1) is 0 Å². The second-order valence-corrected chi connectivity index (χ2v) is 5.26. The molecule has 1 aromatic heterocycles. The Bertz CT molecular complexity index is 613. The van der Waals surface area contributed by atoms with E-state index >= 15 is 0 Å². The number of amides is 1. The van der Waals surface area contributed by atoms with Crippen LogP contribution in [0.2, 0.25) is 5.15 Å². The molecule has 3 nitrogen and oxygen atoms in total. The first-order chi connectivity index (χ1) is 9.56. The number of halogens is 1. The van der Waals surface area contributed by atoms with Crippen molar-refractivity contribution in [3.8, 4) is 0 Å². The molecule has 20 heavy (non-hydrogen) atoms. The topological polar surface area (TPSA) is 42.0 Å². The molecule has 2 aromatic rings. The Morgan fingerprint density at radius 3 is 2.80 bits per heavy atom. The SMILES string of the molecule is Cc1ccccc1CC(C)NC(=O)c1ccnc(Cl)c1. The van der Waals surface area contributed by atoms with Gasteiger partial charge in [-0.25, -0.2) is 4.98 Å². The second kappa shape index (κ2) is 6.53. The van der Waals surface area contributed by atoms with Crippen molar-refractivity contribution in [2.75, 3.05) is 0 Å². The van der Waals surface area contributed by atoms with Gasteiger partial charge in [0.2, 0.25) is 0 Å². The summed E-state index contributed by atoms with van der Waals surface area (Å²) >= 11 is 5.78. The molecule has 0 radical (unpaired) electrons. The standard InChI is InChI=1S/C16H17ClN2O/c1-11-5-3-4-6-13(11)9-12(2)19-16(20)14-7-8-18-15(17)10-14/h3-8,10,12H,9H2,1-2H3,(H,19,20). The molecule has 0 bridgehead atoms. The van der Waals surface area contributed by atoms with Crippen molar-refractivity contribution in [2.45, 2.75) is 26.3 Å². The van der Waals surface area contributed by atoms with E-state index in [2.05, 4.69) is 29.4 Å². The summed E-state index contributed by atoms with van der Waals surface area (Å²) in [5.41, 5.74) is 3.01. The molecule has 0 saturated heterocycles. The number of hydrogen-bond donors (Lipinski definition) is 1. The van der Waals surface area contributed by atoms with E-state index in [9.17, 15) is 4.79 Å². The predicted molar refractivity (Wildman–Crippen MR) is 81.1 cm³/mol. The minimum absolute atomic E-state index is 0.0514. The highest BCUT2D eigenvalue weighted by atomic mass is 35.5. The van der Waals surface area contributed by atoms with Gasteiger partial charge in [-0.2, -0.15) is 0 Å². The van der Waals surface area contributed by atoms with Crippen molar-refractivity contribution in [3.05, 3.63) is 64.4 Å². The molecule has 1 aromatic carbocycles. The predicted octanol–water partition coefficient (Wildman–Crippen LogP) is 3.40. The minimum atomic E-state index is -0.129. The number of rotatable bonds is 4. The Hall–Kier alpha value is -1.87. The highest BCUT2D eigenvalue weighted by Crippen LogP contribution is 2.11. The smallest absolute Gasteiger partial charge is 0.251 e. The number of aromatic nitrogens is 1. The van der Waals surface area contributed by atoms with Gasteiger partial charge in [0.1, 0.15) is 5.15 Å². The van der Waals surface area contributed by atoms with Crippen molar-refractivity contribution in [2.24, 2.45) is 0 Å². The molecular weight excluding hydrogens is 272 g/mol. The normalized spacial score (nSPS) is 11.9. The van der Waals surface area contributed by atoms with Gasteiger partial charge in [0.25, 0.3) is 5.91 Å². The molecule has 1 unspecified atom stereocenters. The molecule has 0 saturated carbocycles. The third-order valence-electron chi connectivity index (χ3n) is 3.15. The summed E-state index contributed by atoms with van der Waals surface area (Å²) in [7, 11) is 0. The summed E-state index contributed by atoms with van der Waals surface area (Å²) in [6, 6.07) is 11.5. The van der Waals surface area contributed by atoms with Crippen LogP contribution in [0.3, 0.4) is 0 Å². The van der Waals surface area contributed by atoms with Gasteiger partial charge in [0, 0.05) is 17.8 Å². The number of carbonyl (C=O) groups is 1.